The summed E-state index contributed by atoms with van der Waals surface area (Å²) in [5, 5.41) is 2.85. The van der Waals surface area contributed by atoms with Crippen LogP contribution >= 0.6 is 0 Å². The summed E-state index contributed by atoms with van der Waals surface area (Å²) in [7, 11) is 0. The zero-order valence-corrected chi connectivity index (χ0v) is 13.6. The van der Waals surface area contributed by atoms with Gasteiger partial charge < -0.3 is 15.0 Å². The fourth-order valence-corrected chi connectivity index (χ4v) is 2.63. The largest absolute Gasteiger partial charge is 0.378 e. The maximum absolute atomic E-state index is 12.0. The molecule has 1 fully saturated rings. The predicted molar refractivity (Wildman–Crippen MR) is 93.1 cm³/mol. The summed E-state index contributed by atoms with van der Waals surface area (Å²) >= 11 is 0. The standard InChI is InChI=1S/C18H22N4O2/c23-17(8-4-7-15-5-2-1-3-6-15)21-16-13-19-18(20-14-16)22-9-11-24-12-10-22/h1-3,5-6,13-14H,4,7-12H2,(H,21,23). The van der Waals surface area contributed by atoms with Gasteiger partial charge in [0.05, 0.1) is 31.3 Å². The minimum Gasteiger partial charge on any atom is -0.378 e. The number of benzene rings is 1. The molecule has 126 valence electrons. The van der Waals surface area contributed by atoms with Crippen LogP contribution in [0.4, 0.5) is 11.6 Å². The second-order valence-corrected chi connectivity index (χ2v) is 5.76. The van der Waals surface area contributed by atoms with E-state index in [2.05, 4.69) is 32.3 Å². The molecule has 0 aliphatic carbocycles. The molecule has 6 nitrogen and oxygen atoms in total. The van der Waals surface area contributed by atoms with Crippen molar-refractivity contribution < 1.29 is 9.53 Å². The molecule has 1 saturated heterocycles. The first-order valence-corrected chi connectivity index (χ1v) is 8.30. The molecular weight excluding hydrogens is 304 g/mol. The molecular formula is C18H22N4O2. The topological polar surface area (TPSA) is 67.4 Å². The first kappa shape index (κ1) is 16.4. The van der Waals surface area contributed by atoms with Crippen LogP contribution in [0, 0.1) is 0 Å². The summed E-state index contributed by atoms with van der Waals surface area (Å²) in [4.78, 5) is 22.7. The molecule has 1 aliphatic rings. The third-order valence-corrected chi connectivity index (χ3v) is 3.93. The lowest BCUT2D eigenvalue weighted by molar-refractivity contribution is -0.116. The highest BCUT2D eigenvalue weighted by Crippen LogP contribution is 2.12. The van der Waals surface area contributed by atoms with Crippen molar-refractivity contribution in [2.75, 3.05) is 36.5 Å². The molecule has 1 aliphatic heterocycles. The van der Waals surface area contributed by atoms with Gasteiger partial charge >= 0.3 is 0 Å². The molecule has 1 aromatic heterocycles. The maximum Gasteiger partial charge on any atom is 0.225 e. The third kappa shape index (κ3) is 4.76. The Kier molecular flexibility index (Phi) is 5.74. The zero-order valence-electron chi connectivity index (χ0n) is 13.6. The van der Waals surface area contributed by atoms with Crippen LogP contribution in [-0.4, -0.2) is 42.2 Å². The molecule has 0 unspecified atom stereocenters. The maximum atomic E-state index is 12.0. The Bertz CT molecular complexity index is 640. The molecule has 0 atom stereocenters. The minimum absolute atomic E-state index is 0.00588. The van der Waals surface area contributed by atoms with Crippen LogP contribution in [0.15, 0.2) is 42.7 Å². The third-order valence-electron chi connectivity index (χ3n) is 3.93. The fraction of sp³-hybridized carbons (Fsp3) is 0.389. The van der Waals surface area contributed by atoms with Crippen LogP contribution in [0.5, 0.6) is 0 Å². The van der Waals surface area contributed by atoms with E-state index >= 15 is 0 Å². The Morgan fingerprint density at radius 1 is 1.12 bits per heavy atom. The second-order valence-electron chi connectivity index (χ2n) is 5.76. The lowest BCUT2D eigenvalue weighted by Crippen LogP contribution is -2.37. The summed E-state index contributed by atoms with van der Waals surface area (Å²) in [6.07, 6.45) is 5.53. The summed E-state index contributed by atoms with van der Waals surface area (Å²) in [5.41, 5.74) is 1.89. The fourth-order valence-electron chi connectivity index (χ4n) is 2.63. The van der Waals surface area contributed by atoms with E-state index < -0.39 is 0 Å². The van der Waals surface area contributed by atoms with Gasteiger partial charge in [0, 0.05) is 19.5 Å². The van der Waals surface area contributed by atoms with Gasteiger partial charge in [-0.05, 0) is 18.4 Å². The monoisotopic (exact) mass is 326 g/mol. The van der Waals surface area contributed by atoms with Crippen LogP contribution in [0.3, 0.4) is 0 Å². The Morgan fingerprint density at radius 2 is 1.83 bits per heavy atom. The number of carbonyl (C=O) groups excluding carboxylic acids is 1. The number of nitrogens with one attached hydrogen (secondary N) is 1. The molecule has 1 N–H and O–H groups in total. The number of morpholine rings is 1. The van der Waals surface area contributed by atoms with Crippen molar-refractivity contribution in [2.24, 2.45) is 0 Å². The van der Waals surface area contributed by atoms with Crippen molar-refractivity contribution in [1.29, 1.82) is 0 Å². The van der Waals surface area contributed by atoms with Crippen LogP contribution in [0.1, 0.15) is 18.4 Å². The summed E-state index contributed by atoms with van der Waals surface area (Å²) in [6.45, 7) is 2.99. The van der Waals surface area contributed by atoms with Crippen LogP contribution in [0.2, 0.25) is 0 Å². The smallest absolute Gasteiger partial charge is 0.225 e. The highest BCUT2D eigenvalue weighted by Gasteiger charge is 2.13. The van der Waals surface area contributed by atoms with E-state index in [9.17, 15) is 4.79 Å². The van der Waals surface area contributed by atoms with Gasteiger partial charge in [-0.15, -0.1) is 0 Å². The lowest BCUT2D eigenvalue weighted by atomic mass is 10.1. The Balaban J connectivity index is 1.44. The van der Waals surface area contributed by atoms with Crippen molar-refractivity contribution >= 4 is 17.5 Å². The molecule has 0 spiro atoms. The van der Waals surface area contributed by atoms with Crippen LogP contribution < -0.4 is 10.2 Å². The highest BCUT2D eigenvalue weighted by atomic mass is 16.5. The number of carbonyl (C=O) groups is 1. The molecule has 2 aromatic rings. The first-order valence-electron chi connectivity index (χ1n) is 8.30. The first-order chi connectivity index (χ1) is 11.8. The van der Waals surface area contributed by atoms with Gasteiger partial charge in [0.1, 0.15) is 0 Å². The van der Waals surface area contributed by atoms with Crippen molar-refractivity contribution in [1.82, 2.24) is 9.97 Å². The number of rotatable bonds is 6. The molecule has 1 aromatic carbocycles. The number of hydrogen-bond donors (Lipinski definition) is 1. The highest BCUT2D eigenvalue weighted by molar-refractivity contribution is 5.90. The van der Waals surface area contributed by atoms with Gasteiger partial charge in [-0.25, -0.2) is 9.97 Å². The van der Waals surface area contributed by atoms with E-state index in [1.807, 2.05) is 18.2 Å². The minimum atomic E-state index is -0.00588. The molecule has 6 heteroatoms. The van der Waals surface area contributed by atoms with Crippen molar-refractivity contribution in [3.63, 3.8) is 0 Å². The predicted octanol–water partition coefficient (Wildman–Crippen LogP) is 2.27. The quantitative estimate of drug-likeness (QED) is 0.882. The van der Waals surface area contributed by atoms with Crippen molar-refractivity contribution in [2.45, 2.75) is 19.3 Å². The van der Waals surface area contributed by atoms with Crippen LogP contribution in [0.25, 0.3) is 0 Å². The van der Waals surface area contributed by atoms with Gasteiger partial charge in [-0.3, -0.25) is 4.79 Å². The van der Waals surface area contributed by atoms with E-state index in [4.69, 9.17) is 4.74 Å². The number of aryl methyl sites for hydroxylation is 1. The van der Waals surface area contributed by atoms with Gasteiger partial charge in [0.15, 0.2) is 0 Å². The van der Waals surface area contributed by atoms with E-state index in [1.54, 1.807) is 12.4 Å². The number of anilines is 2. The second kappa shape index (κ2) is 8.40. The number of amides is 1. The van der Waals surface area contributed by atoms with E-state index in [1.165, 1.54) is 5.56 Å². The normalized spacial score (nSPS) is 14.4. The molecule has 24 heavy (non-hydrogen) atoms. The number of ether oxygens (including phenoxy) is 1. The van der Waals surface area contributed by atoms with Gasteiger partial charge in [0.25, 0.3) is 0 Å². The summed E-state index contributed by atoms with van der Waals surface area (Å²) < 4.78 is 5.31. The van der Waals surface area contributed by atoms with E-state index in [0.29, 0.717) is 31.3 Å². The lowest BCUT2D eigenvalue weighted by Gasteiger charge is -2.26. The molecule has 0 bridgehead atoms. The van der Waals surface area contributed by atoms with Crippen molar-refractivity contribution in [3.05, 3.63) is 48.3 Å². The van der Waals surface area contributed by atoms with Gasteiger partial charge in [-0.2, -0.15) is 0 Å². The Hall–Kier alpha value is -2.47. The summed E-state index contributed by atoms with van der Waals surface area (Å²) in [6, 6.07) is 10.2. The molecule has 3 rings (SSSR count). The Labute approximate surface area is 141 Å². The van der Waals surface area contributed by atoms with E-state index in [-0.39, 0.29) is 5.91 Å². The SMILES string of the molecule is O=C(CCCc1ccccc1)Nc1cnc(N2CCOCC2)nc1. The van der Waals surface area contributed by atoms with E-state index in [0.717, 1.165) is 25.9 Å². The molecule has 2 heterocycles. The molecule has 0 radical (unpaired) electrons. The molecule has 0 saturated carbocycles. The summed E-state index contributed by atoms with van der Waals surface area (Å²) in [5.74, 6) is 0.675. The number of nitrogens with zero attached hydrogens (tertiary/aromatic N) is 3. The van der Waals surface area contributed by atoms with Crippen molar-refractivity contribution in [3.8, 4) is 0 Å². The number of hydrogen-bond acceptors (Lipinski definition) is 5. The van der Waals surface area contributed by atoms with Gasteiger partial charge in [0.2, 0.25) is 11.9 Å². The zero-order chi connectivity index (χ0) is 16.6. The molecule has 1 amide bonds. The Morgan fingerprint density at radius 3 is 2.54 bits per heavy atom. The van der Waals surface area contributed by atoms with Crippen LogP contribution in [-0.2, 0) is 16.0 Å². The average molecular weight is 326 g/mol. The average Bonchev–Trinajstić information content (AvgIpc) is 2.64. The van der Waals surface area contributed by atoms with Gasteiger partial charge in [-0.1, -0.05) is 30.3 Å². The number of aromatic nitrogens is 2.